The van der Waals surface area contributed by atoms with Crippen LogP contribution >= 0.6 is 0 Å². The third kappa shape index (κ3) is 10.6. The fourth-order valence-corrected chi connectivity index (χ4v) is 4.87. The second-order valence-corrected chi connectivity index (χ2v) is 12.4. The van der Waals surface area contributed by atoms with Crippen LogP contribution in [-0.2, 0) is 41.6 Å². The van der Waals surface area contributed by atoms with Crippen molar-refractivity contribution in [2.45, 2.75) is 77.5 Å². The van der Waals surface area contributed by atoms with Crippen molar-refractivity contribution < 1.29 is 33.9 Å². The zero-order valence-corrected chi connectivity index (χ0v) is 27.9. The molecule has 4 atom stereocenters. The maximum Gasteiger partial charge on any atom is 0.328 e. The van der Waals surface area contributed by atoms with Crippen molar-refractivity contribution in [1.82, 2.24) is 21.3 Å². The van der Waals surface area contributed by atoms with Crippen molar-refractivity contribution in [1.29, 1.82) is 0 Å². The molecule has 0 saturated carbocycles. The topological polar surface area (TPSA) is 171 Å². The minimum atomic E-state index is -1.61. The molecule has 254 valence electrons. The maximum atomic E-state index is 13.5. The molecule has 1 unspecified atom stereocenters. The van der Waals surface area contributed by atoms with Crippen LogP contribution in [0.15, 0.2) is 84.9 Å². The highest BCUT2D eigenvalue weighted by Gasteiger charge is 2.36. The molecule has 0 aliphatic heterocycles. The Bertz CT molecular complexity index is 1590. The van der Waals surface area contributed by atoms with E-state index in [4.69, 9.17) is 0 Å². The van der Waals surface area contributed by atoms with Crippen molar-refractivity contribution >= 4 is 35.4 Å². The Hall–Kier alpha value is -5.32. The predicted octanol–water partition coefficient (Wildman–Crippen LogP) is 3.21. The van der Waals surface area contributed by atoms with E-state index in [1.165, 1.54) is 20.8 Å². The summed E-state index contributed by atoms with van der Waals surface area (Å²) in [7, 11) is 0. The quantitative estimate of drug-likeness (QED) is 0.147. The van der Waals surface area contributed by atoms with E-state index >= 15 is 0 Å². The van der Waals surface area contributed by atoms with Gasteiger partial charge in [0.05, 0.1) is 12.5 Å². The van der Waals surface area contributed by atoms with Crippen molar-refractivity contribution in [3.63, 3.8) is 0 Å². The third-order valence-corrected chi connectivity index (χ3v) is 8.09. The number of carboxylic acid groups (broad SMARTS) is 1. The van der Waals surface area contributed by atoms with Gasteiger partial charge in [-0.05, 0) is 48.9 Å². The summed E-state index contributed by atoms with van der Waals surface area (Å²) in [5, 5.41) is 19.5. The van der Waals surface area contributed by atoms with E-state index in [1.807, 2.05) is 72.8 Å². The van der Waals surface area contributed by atoms with Crippen LogP contribution in [0, 0.1) is 5.92 Å². The first kappa shape index (κ1) is 37.1. The summed E-state index contributed by atoms with van der Waals surface area (Å²) >= 11 is 0. The van der Waals surface area contributed by atoms with Crippen LogP contribution < -0.4 is 21.3 Å². The zero-order chi connectivity index (χ0) is 35.4. The zero-order valence-electron chi connectivity index (χ0n) is 27.9. The number of ketones is 1. The minimum absolute atomic E-state index is 0.0161. The van der Waals surface area contributed by atoms with Crippen LogP contribution in [0.1, 0.15) is 52.2 Å². The average molecular weight is 657 g/mol. The lowest BCUT2D eigenvalue weighted by Gasteiger charge is -2.28. The Balaban J connectivity index is 1.68. The number of carbonyl (C=O) groups is 6. The van der Waals surface area contributed by atoms with Gasteiger partial charge in [-0.25, -0.2) is 4.79 Å². The van der Waals surface area contributed by atoms with Gasteiger partial charge in [-0.3, -0.25) is 24.0 Å². The molecule has 0 heterocycles. The number of hydrogen-bond donors (Lipinski definition) is 5. The summed E-state index contributed by atoms with van der Waals surface area (Å²) in [5.74, 6) is -5.65. The molecule has 0 aliphatic carbocycles. The molecule has 3 aromatic rings. The molecule has 48 heavy (non-hydrogen) atoms. The first-order valence-electron chi connectivity index (χ1n) is 15.9. The van der Waals surface area contributed by atoms with Crippen molar-refractivity contribution in [3.8, 4) is 11.1 Å². The Morgan fingerprint density at radius 3 is 1.83 bits per heavy atom. The molecule has 3 rings (SSSR count). The SMILES string of the molecule is CC[C@H](C)[C@H](NC(=O)C(=O)C(C)NC(=O)[C@H](Cc1ccccc1)NC(=O)Cc1ccc(-c2ccccc2)cc1)C(=O)NC(C)(C)C(=O)O. The Morgan fingerprint density at radius 1 is 0.708 bits per heavy atom. The van der Waals surface area contributed by atoms with Crippen LogP contribution in [0.2, 0.25) is 0 Å². The summed E-state index contributed by atoms with van der Waals surface area (Å²) in [6.45, 7) is 7.41. The van der Waals surface area contributed by atoms with Crippen LogP contribution in [0.3, 0.4) is 0 Å². The van der Waals surface area contributed by atoms with Gasteiger partial charge in [-0.15, -0.1) is 0 Å². The Kier molecular flexibility index (Phi) is 13.2. The summed E-state index contributed by atoms with van der Waals surface area (Å²) in [6.07, 6.45) is 0.598. The molecule has 4 amide bonds. The molecule has 0 radical (unpaired) electrons. The number of amides is 4. The maximum absolute atomic E-state index is 13.5. The van der Waals surface area contributed by atoms with E-state index in [9.17, 15) is 33.9 Å². The molecule has 11 heteroatoms. The van der Waals surface area contributed by atoms with Crippen molar-refractivity contribution in [2.75, 3.05) is 0 Å². The molecular weight excluding hydrogens is 612 g/mol. The minimum Gasteiger partial charge on any atom is -0.480 e. The Morgan fingerprint density at radius 2 is 1.27 bits per heavy atom. The third-order valence-electron chi connectivity index (χ3n) is 8.09. The summed E-state index contributed by atoms with van der Waals surface area (Å²) in [5.41, 5.74) is 1.96. The van der Waals surface area contributed by atoms with E-state index in [1.54, 1.807) is 26.0 Å². The molecule has 0 bridgehead atoms. The average Bonchev–Trinajstić information content (AvgIpc) is 3.06. The van der Waals surface area contributed by atoms with E-state index in [0.29, 0.717) is 6.42 Å². The van der Waals surface area contributed by atoms with Crippen molar-refractivity contribution in [2.24, 2.45) is 5.92 Å². The first-order chi connectivity index (χ1) is 22.7. The molecule has 11 nitrogen and oxygen atoms in total. The molecule has 0 aliphatic rings. The largest absolute Gasteiger partial charge is 0.480 e. The van der Waals surface area contributed by atoms with E-state index in [-0.39, 0.29) is 12.8 Å². The lowest BCUT2D eigenvalue weighted by molar-refractivity contribution is -0.147. The standard InChI is InChI=1S/C37H44N4O7/c1-6-23(2)31(34(45)41-37(4,5)36(47)48)40-35(46)32(43)24(3)38-33(44)29(21-25-13-9-7-10-14-25)39-30(42)22-26-17-19-28(20-18-26)27-15-11-8-12-16-27/h7-20,23-24,29,31H,6,21-22H2,1-5H3,(H,38,44)(H,39,42)(H,40,46)(H,41,45)(H,47,48)/t23-,24?,29-,31-/m0/s1. The number of carboxylic acids is 1. The van der Waals surface area contributed by atoms with E-state index in [0.717, 1.165) is 22.3 Å². The van der Waals surface area contributed by atoms with Gasteiger partial charge in [-0.1, -0.05) is 105 Å². The predicted molar refractivity (Wildman–Crippen MR) is 182 cm³/mol. The fraction of sp³-hybridized carbons (Fsp3) is 0.351. The second kappa shape index (κ2) is 17.0. The van der Waals surface area contributed by atoms with Crippen LogP contribution in [0.25, 0.3) is 11.1 Å². The molecule has 0 saturated heterocycles. The van der Waals surface area contributed by atoms with Gasteiger partial charge in [0.25, 0.3) is 5.91 Å². The number of rotatable bonds is 16. The van der Waals surface area contributed by atoms with Gasteiger partial charge in [0.15, 0.2) is 0 Å². The normalized spacial score (nSPS) is 13.6. The summed E-state index contributed by atoms with van der Waals surface area (Å²) in [4.78, 5) is 77.1. The molecule has 0 fully saturated rings. The number of carbonyl (C=O) groups excluding carboxylic acids is 5. The smallest absolute Gasteiger partial charge is 0.328 e. The van der Waals surface area contributed by atoms with Crippen LogP contribution in [0.4, 0.5) is 0 Å². The number of Topliss-reactive ketones (excluding diaryl/α,β-unsaturated/α-hetero) is 1. The van der Waals surface area contributed by atoms with Crippen LogP contribution in [0.5, 0.6) is 0 Å². The van der Waals surface area contributed by atoms with E-state index in [2.05, 4.69) is 21.3 Å². The fourth-order valence-electron chi connectivity index (χ4n) is 4.87. The first-order valence-corrected chi connectivity index (χ1v) is 15.9. The summed E-state index contributed by atoms with van der Waals surface area (Å²) in [6, 6.07) is 22.9. The second-order valence-electron chi connectivity index (χ2n) is 12.4. The molecule has 0 aromatic heterocycles. The van der Waals surface area contributed by atoms with Gasteiger partial charge < -0.3 is 26.4 Å². The molecule has 3 aromatic carbocycles. The lowest BCUT2D eigenvalue weighted by Crippen LogP contribution is -2.60. The van der Waals surface area contributed by atoms with E-state index < -0.39 is 65.0 Å². The van der Waals surface area contributed by atoms with Gasteiger partial charge >= 0.3 is 5.97 Å². The number of nitrogens with one attached hydrogen (secondary N) is 4. The number of aliphatic carboxylic acids is 1. The number of benzene rings is 3. The molecular formula is C37H44N4O7. The molecule has 5 N–H and O–H groups in total. The van der Waals surface area contributed by atoms with Gasteiger partial charge in [0, 0.05) is 6.42 Å². The summed E-state index contributed by atoms with van der Waals surface area (Å²) < 4.78 is 0. The highest BCUT2D eigenvalue weighted by molar-refractivity contribution is 6.38. The van der Waals surface area contributed by atoms with Gasteiger partial charge in [0.1, 0.15) is 17.6 Å². The highest BCUT2D eigenvalue weighted by atomic mass is 16.4. The van der Waals surface area contributed by atoms with Gasteiger partial charge in [-0.2, -0.15) is 0 Å². The van der Waals surface area contributed by atoms with Crippen LogP contribution in [-0.4, -0.2) is 64.2 Å². The molecule has 0 spiro atoms. The number of hydrogen-bond acceptors (Lipinski definition) is 6. The monoisotopic (exact) mass is 656 g/mol. The highest BCUT2D eigenvalue weighted by Crippen LogP contribution is 2.19. The van der Waals surface area contributed by atoms with Crippen molar-refractivity contribution in [3.05, 3.63) is 96.1 Å². The Labute approximate surface area is 280 Å². The lowest BCUT2D eigenvalue weighted by atomic mass is 9.96. The van der Waals surface area contributed by atoms with Gasteiger partial charge in [0.2, 0.25) is 23.5 Å².